The Morgan fingerprint density at radius 2 is 1.34 bits per heavy atom. The fraction of sp³-hybridized carbons (Fsp3) is 0.391. The largest absolute Gasteiger partial charge is 0.497 e. The molecule has 0 saturated carbocycles. The van der Waals surface area contributed by atoms with Gasteiger partial charge >= 0.3 is 5.97 Å². The van der Waals surface area contributed by atoms with Gasteiger partial charge in [-0.1, -0.05) is 98.8 Å². The molecule has 1 aliphatic heterocycles. The zero-order valence-electron chi connectivity index (χ0n) is 33.2. The van der Waals surface area contributed by atoms with Gasteiger partial charge in [0.2, 0.25) is 11.6 Å². The zero-order chi connectivity index (χ0) is 40.0. The Morgan fingerprint density at radius 3 is 1.93 bits per heavy atom. The quantitative estimate of drug-likeness (QED) is 0.0495. The van der Waals surface area contributed by atoms with E-state index in [1.54, 1.807) is 38.5 Å². The molecule has 1 fully saturated rings. The van der Waals surface area contributed by atoms with Crippen LogP contribution in [-0.2, 0) is 53.0 Å². The summed E-state index contributed by atoms with van der Waals surface area (Å²) in [6.45, 7) is 7.02. The molecule has 5 rings (SSSR count). The predicted molar refractivity (Wildman–Crippen MR) is 212 cm³/mol. The molecule has 298 valence electrons. The molecule has 1 aliphatic rings. The standard InChI is InChI=1S/C46H54O10/c1-33(53-31-34-14-9-7-10-15-34)41(54-32-36-20-24-39(50-5)25-21-36)28-40-29-42(55-44(48)37-16-11-8-12-17-37)43(47)46(51-6,56-40)45(2,3)26-13-27-52-30-35-18-22-38(49-4)23-19-35/h7-26,33,40-42H,27-32H2,1-6H3/b26-13+/t33-,40?,41-,42+,46-/m1/s1. The lowest BCUT2D eigenvalue weighted by Gasteiger charge is -2.49. The molecular weight excluding hydrogens is 712 g/mol. The molecule has 0 aliphatic carbocycles. The van der Waals surface area contributed by atoms with E-state index in [-0.39, 0.29) is 19.1 Å². The number of carbonyl (C=O) groups excluding carboxylic acids is 2. The van der Waals surface area contributed by atoms with Crippen LogP contribution in [0, 0.1) is 5.41 Å². The van der Waals surface area contributed by atoms with Gasteiger partial charge in [-0.25, -0.2) is 4.79 Å². The molecule has 10 nitrogen and oxygen atoms in total. The van der Waals surface area contributed by atoms with Crippen LogP contribution in [0.4, 0.5) is 0 Å². The molecule has 10 heteroatoms. The third-order valence-electron chi connectivity index (χ3n) is 9.99. The SMILES string of the molecule is COc1ccc(COC/C=C/C(C)(C)[C@]2(OC)OC(C[C@@H](OCc3ccc(OC)cc3)[C@@H](C)OCc3ccccc3)C[C@H](OC(=O)c3ccccc3)C2=O)cc1. The summed E-state index contributed by atoms with van der Waals surface area (Å²) in [5.74, 6) is -1.40. The summed E-state index contributed by atoms with van der Waals surface area (Å²) in [5, 5.41) is 0. The summed E-state index contributed by atoms with van der Waals surface area (Å²) >= 11 is 0. The Balaban J connectivity index is 1.38. The van der Waals surface area contributed by atoms with E-state index in [0.717, 1.165) is 28.2 Å². The lowest BCUT2D eigenvalue weighted by molar-refractivity contribution is -0.295. The van der Waals surface area contributed by atoms with Gasteiger partial charge in [0.1, 0.15) is 11.5 Å². The molecule has 0 aromatic heterocycles. The van der Waals surface area contributed by atoms with E-state index >= 15 is 0 Å². The van der Waals surface area contributed by atoms with Crippen LogP contribution in [0.1, 0.15) is 60.7 Å². The minimum Gasteiger partial charge on any atom is -0.497 e. The van der Waals surface area contributed by atoms with Gasteiger partial charge in [0.05, 0.1) is 64.5 Å². The maximum Gasteiger partial charge on any atom is 0.338 e. The van der Waals surface area contributed by atoms with Crippen molar-refractivity contribution in [2.75, 3.05) is 27.9 Å². The average Bonchev–Trinajstić information content (AvgIpc) is 3.23. The summed E-state index contributed by atoms with van der Waals surface area (Å²) < 4.78 is 48.3. The second kappa shape index (κ2) is 20.4. The predicted octanol–water partition coefficient (Wildman–Crippen LogP) is 8.31. The lowest BCUT2D eigenvalue weighted by Crippen LogP contribution is -2.64. The van der Waals surface area contributed by atoms with Gasteiger partial charge in [0, 0.05) is 25.4 Å². The van der Waals surface area contributed by atoms with Crippen LogP contribution in [0.25, 0.3) is 0 Å². The first-order valence-corrected chi connectivity index (χ1v) is 18.9. The van der Waals surface area contributed by atoms with Crippen molar-refractivity contribution in [3.8, 4) is 11.5 Å². The number of ketones is 1. The molecule has 1 unspecified atom stereocenters. The third-order valence-corrected chi connectivity index (χ3v) is 9.99. The molecule has 0 bridgehead atoms. The van der Waals surface area contributed by atoms with Crippen LogP contribution in [0.15, 0.2) is 121 Å². The van der Waals surface area contributed by atoms with Gasteiger partial charge in [-0.2, -0.15) is 0 Å². The van der Waals surface area contributed by atoms with Crippen molar-refractivity contribution in [2.24, 2.45) is 5.41 Å². The molecule has 4 aromatic rings. The first kappa shape index (κ1) is 42.3. The second-order valence-electron chi connectivity index (χ2n) is 14.3. The van der Waals surface area contributed by atoms with Crippen LogP contribution in [0.5, 0.6) is 11.5 Å². The monoisotopic (exact) mass is 766 g/mol. The molecule has 0 amide bonds. The molecule has 56 heavy (non-hydrogen) atoms. The van der Waals surface area contributed by atoms with Crippen molar-refractivity contribution in [2.45, 2.75) is 83.6 Å². The van der Waals surface area contributed by atoms with Crippen LogP contribution < -0.4 is 9.47 Å². The van der Waals surface area contributed by atoms with Crippen molar-refractivity contribution in [1.29, 1.82) is 0 Å². The first-order chi connectivity index (χ1) is 27.1. The number of Topliss-reactive ketones (excluding diaryl/α,β-unsaturated/α-hetero) is 1. The summed E-state index contributed by atoms with van der Waals surface area (Å²) in [6, 6.07) is 33.9. The fourth-order valence-electron chi connectivity index (χ4n) is 6.70. The Labute approximate surface area is 330 Å². The molecule has 1 heterocycles. The summed E-state index contributed by atoms with van der Waals surface area (Å²) in [7, 11) is 4.69. The maximum absolute atomic E-state index is 14.5. The third kappa shape index (κ3) is 11.1. The number of benzene rings is 4. The molecule has 5 atom stereocenters. The highest BCUT2D eigenvalue weighted by Gasteiger charge is 2.59. The van der Waals surface area contributed by atoms with E-state index in [4.69, 9.17) is 37.9 Å². The van der Waals surface area contributed by atoms with E-state index in [2.05, 4.69) is 0 Å². The van der Waals surface area contributed by atoms with Gasteiger partial charge in [-0.05, 0) is 60.0 Å². The minimum absolute atomic E-state index is 0.0983. The molecular formula is C46H54O10. The van der Waals surface area contributed by atoms with Crippen molar-refractivity contribution in [1.82, 2.24) is 0 Å². The Hall–Kier alpha value is -4.84. The summed E-state index contributed by atoms with van der Waals surface area (Å²) in [4.78, 5) is 28.0. The summed E-state index contributed by atoms with van der Waals surface area (Å²) in [6.07, 6.45) is 1.44. The van der Waals surface area contributed by atoms with Gasteiger partial charge in [0.25, 0.3) is 0 Å². The van der Waals surface area contributed by atoms with E-state index < -0.39 is 41.3 Å². The van der Waals surface area contributed by atoms with Crippen LogP contribution in [0.3, 0.4) is 0 Å². The van der Waals surface area contributed by atoms with Gasteiger partial charge < -0.3 is 37.9 Å². The first-order valence-electron chi connectivity index (χ1n) is 18.9. The lowest BCUT2D eigenvalue weighted by atomic mass is 9.76. The highest BCUT2D eigenvalue weighted by molar-refractivity contribution is 5.96. The molecule has 0 N–H and O–H groups in total. The van der Waals surface area contributed by atoms with E-state index in [1.165, 1.54) is 7.11 Å². The number of hydrogen-bond acceptors (Lipinski definition) is 10. The number of rotatable bonds is 20. The van der Waals surface area contributed by atoms with Crippen molar-refractivity contribution in [3.05, 3.63) is 144 Å². The van der Waals surface area contributed by atoms with E-state index in [9.17, 15) is 9.59 Å². The second-order valence-corrected chi connectivity index (χ2v) is 14.3. The van der Waals surface area contributed by atoms with Crippen LogP contribution >= 0.6 is 0 Å². The molecule has 1 saturated heterocycles. The van der Waals surface area contributed by atoms with Gasteiger partial charge in [-0.15, -0.1) is 0 Å². The maximum atomic E-state index is 14.5. The Kier molecular flexibility index (Phi) is 15.4. The van der Waals surface area contributed by atoms with Gasteiger partial charge in [-0.3, -0.25) is 4.79 Å². The summed E-state index contributed by atoms with van der Waals surface area (Å²) in [5.41, 5.74) is 2.28. The number of hydrogen-bond donors (Lipinski definition) is 0. The minimum atomic E-state index is -1.82. The van der Waals surface area contributed by atoms with Crippen molar-refractivity contribution in [3.63, 3.8) is 0 Å². The zero-order valence-corrected chi connectivity index (χ0v) is 33.2. The van der Waals surface area contributed by atoms with Crippen molar-refractivity contribution >= 4 is 11.8 Å². The number of ether oxygens (including phenoxy) is 8. The molecule has 0 spiro atoms. The van der Waals surface area contributed by atoms with E-state index in [1.807, 2.05) is 118 Å². The molecule has 4 aromatic carbocycles. The van der Waals surface area contributed by atoms with Crippen LogP contribution in [0.2, 0.25) is 0 Å². The number of esters is 1. The van der Waals surface area contributed by atoms with E-state index in [0.29, 0.717) is 31.8 Å². The normalized spacial score (nSPS) is 19.7. The highest BCUT2D eigenvalue weighted by atomic mass is 16.7. The fourth-order valence-corrected chi connectivity index (χ4v) is 6.70. The van der Waals surface area contributed by atoms with Crippen LogP contribution in [-0.4, -0.2) is 69.9 Å². The topological polar surface area (TPSA) is 108 Å². The number of carbonyl (C=O) groups is 2. The Bertz CT molecular complexity index is 1830. The average molecular weight is 767 g/mol. The molecule has 0 radical (unpaired) electrons. The van der Waals surface area contributed by atoms with Gasteiger partial charge in [0.15, 0.2) is 6.10 Å². The van der Waals surface area contributed by atoms with Crippen molar-refractivity contribution < 1.29 is 47.5 Å². The number of methoxy groups -OCH3 is 3. The Morgan fingerprint density at radius 1 is 0.786 bits per heavy atom. The highest BCUT2D eigenvalue weighted by Crippen LogP contribution is 2.44. The smallest absolute Gasteiger partial charge is 0.338 e.